The monoisotopic (exact) mass is 388 g/mol. The maximum Gasteiger partial charge on any atom is 0.271 e. The van der Waals surface area contributed by atoms with E-state index >= 15 is 0 Å². The molecule has 3 aromatic rings. The van der Waals surface area contributed by atoms with E-state index in [0.29, 0.717) is 18.7 Å². The van der Waals surface area contributed by atoms with Crippen molar-refractivity contribution in [1.82, 2.24) is 15.3 Å². The molecule has 0 saturated heterocycles. The number of hydrogen-bond acceptors (Lipinski definition) is 5. The molecule has 4 rings (SSSR count). The van der Waals surface area contributed by atoms with E-state index in [0.717, 1.165) is 36.5 Å². The third-order valence-electron chi connectivity index (χ3n) is 5.13. The Morgan fingerprint density at radius 3 is 2.76 bits per heavy atom. The Labute approximate surface area is 170 Å². The standard InChI is InChI=1S/C23H24N4O2/c1-29-21-11-5-3-8-18(21)12-13-24-23(28)19-15-26-22(16-25-19)27-14-6-9-17-7-2-4-10-20(17)27/h2-5,7-8,10-11,15-16H,6,9,12-14H2,1H3,(H,24,28). The topological polar surface area (TPSA) is 67.3 Å². The number of nitrogens with one attached hydrogen (secondary N) is 1. The summed E-state index contributed by atoms with van der Waals surface area (Å²) < 4.78 is 5.34. The number of fused-ring (bicyclic) bond motifs is 1. The molecule has 1 aromatic heterocycles. The summed E-state index contributed by atoms with van der Waals surface area (Å²) in [5, 5.41) is 2.90. The molecule has 1 aliphatic rings. The van der Waals surface area contributed by atoms with Gasteiger partial charge < -0.3 is 15.0 Å². The van der Waals surface area contributed by atoms with Gasteiger partial charge in [0.05, 0.1) is 19.5 Å². The van der Waals surface area contributed by atoms with Crippen molar-refractivity contribution in [1.29, 1.82) is 0 Å². The molecule has 0 unspecified atom stereocenters. The van der Waals surface area contributed by atoms with E-state index in [9.17, 15) is 4.79 Å². The summed E-state index contributed by atoms with van der Waals surface area (Å²) >= 11 is 0. The summed E-state index contributed by atoms with van der Waals surface area (Å²) in [6, 6.07) is 16.2. The zero-order chi connectivity index (χ0) is 20.1. The Kier molecular flexibility index (Phi) is 5.70. The third-order valence-corrected chi connectivity index (χ3v) is 5.13. The number of methoxy groups -OCH3 is 1. The summed E-state index contributed by atoms with van der Waals surface area (Å²) in [7, 11) is 1.65. The minimum atomic E-state index is -0.224. The first kappa shape index (κ1) is 18.9. The van der Waals surface area contributed by atoms with Crippen LogP contribution in [-0.4, -0.2) is 36.1 Å². The lowest BCUT2D eigenvalue weighted by Gasteiger charge is -2.30. The number of benzene rings is 2. The number of ether oxygens (including phenoxy) is 1. The lowest BCUT2D eigenvalue weighted by atomic mass is 10.0. The van der Waals surface area contributed by atoms with Crippen molar-refractivity contribution in [2.24, 2.45) is 0 Å². The van der Waals surface area contributed by atoms with Gasteiger partial charge in [-0.25, -0.2) is 9.97 Å². The SMILES string of the molecule is COc1ccccc1CCNC(=O)c1cnc(N2CCCc3ccccc32)cn1. The lowest BCUT2D eigenvalue weighted by molar-refractivity contribution is 0.0948. The molecule has 148 valence electrons. The van der Waals surface area contributed by atoms with Gasteiger partial charge in [0.2, 0.25) is 0 Å². The largest absolute Gasteiger partial charge is 0.496 e. The highest BCUT2D eigenvalue weighted by Gasteiger charge is 2.19. The summed E-state index contributed by atoms with van der Waals surface area (Å²) in [6.07, 6.45) is 6.06. The van der Waals surface area contributed by atoms with Crippen molar-refractivity contribution >= 4 is 17.4 Å². The second-order valence-electron chi connectivity index (χ2n) is 6.96. The average molecular weight is 388 g/mol. The van der Waals surface area contributed by atoms with E-state index in [1.54, 1.807) is 19.5 Å². The number of hydrogen-bond donors (Lipinski definition) is 1. The summed E-state index contributed by atoms with van der Waals surface area (Å²) in [4.78, 5) is 23.4. The molecule has 29 heavy (non-hydrogen) atoms. The Hall–Kier alpha value is -3.41. The number of nitrogens with zero attached hydrogens (tertiary/aromatic N) is 3. The number of aryl methyl sites for hydroxylation is 1. The molecule has 0 spiro atoms. The van der Waals surface area contributed by atoms with Gasteiger partial charge in [-0.2, -0.15) is 0 Å². The Bertz CT molecular complexity index is 988. The van der Waals surface area contributed by atoms with Crippen molar-refractivity contribution < 1.29 is 9.53 Å². The van der Waals surface area contributed by atoms with E-state index in [2.05, 4.69) is 38.4 Å². The van der Waals surface area contributed by atoms with Gasteiger partial charge in [-0.1, -0.05) is 36.4 Å². The molecule has 1 aliphatic heterocycles. The number of amides is 1. The minimum absolute atomic E-state index is 0.224. The fourth-order valence-corrected chi connectivity index (χ4v) is 3.66. The Morgan fingerprint density at radius 2 is 1.93 bits per heavy atom. The van der Waals surface area contributed by atoms with E-state index in [4.69, 9.17) is 4.74 Å². The zero-order valence-corrected chi connectivity index (χ0v) is 16.5. The van der Waals surface area contributed by atoms with Gasteiger partial charge in [0.15, 0.2) is 5.82 Å². The van der Waals surface area contributed by atoms with Crippen molar-refractivity contribution in [3.8, 4) is 5.75 Å². The molecule has 2 aromatic carbocycles. The van der Waals surface area contributed by atoms with Gasteiger partial charge in [-0.3, -0.25) is 4.79 Å². The van der Waals surface area contributed by atoms with Crippen LogP contribution in [0, 0.1) is 0 Å². The average Bonchev–Trinajstić information content (AvgIpc) is 2.79. The van der Waals surface area contributed by atoms with E-state index in [-0.39, 0.29) is 5.91 Å². The molecule has 0 radical (unpaired) electrons. The van der Waals surface area contributed by atoms with Gasteiger partial charge in [-0.15, -0.1) is 0 Å². The van der Waals surface area contributed by atoms with Crippen LogP contribution in [0.2, 0.25) is 0 Å². The van der Waals surface area contributed by atoms with Crippen LogP contribution in [0.25, 0.3) is 0 Å². The molecule has 6 heteroatoms. The highest BCUT2D eigenvalue weighted by Crippen LogP contribution is 2.31. The van der Waals surface area contributed by atoms with E-state index < -0.39 is 0 Å². The lowest BCUT2D eigenvalue weighted by Crippen LogP contribution is -2.28. The summed E-state index contributed by atoms with van der Waals surface area (Å²) in [5.74, 6) is 1.37. The van der Waals surface area contributed by atoms with E-state index in [1.165, 1.54) is 11.3 Å². The van der Waals surface area contributed by atoms with Crippen LogP contribution < -0.4 is 15.0 Å². The first-order valence-electron chi connectivity index (χ1n) is 9.84. The molecule has 0 bridgehead atoms. The Morgan fingerprint density at radius 1 is 1.10 bits per heavy atom. The smallest absolute Gasteiger partial charge is 0.271 e. The molecule has 0 saturated carbocycles. The van der Waals surface area contributed by atoms with Gasteiger partial charge in [-0.05, 0) is 42.5 Å². The van der Waals surface area contributed by atoms with Crippen LogP contribution in [-0.2, 0) is 12.8 Å². The first-order valence-corrected chi connectivity index (χ1v) is 9.84. The first-order chi connectivity index (χ1) is 14.3. The quantitative estimate of drug-likeness (QED) is 0.700. The number of carbonyl (C=O) groups is 1. The van der Waals surface area contributed by atoms with Crippen LogP contribution in [0.15, 0.2) is 60.9 Å². The maximum atomic E-state index is 12.4. The van der Waals surface area contributed by atoms with Crippen molar-refractivity contribution in [3.05, 3.63) is 77.7 Å². The molecule has 6 nitrogen and oxygen atoms in total. The number of para-hydroxylation sites is 2. The van der Waals surface area contributed by atoms with Crippen LogP contribution >= 0.6 is 0 Å². The van der Waals surface area contributed by atoms with Gasteiger partial charge in [0.1, 0.15) is 11.4 Å². The fourth-order valence-electron chi connectivity index (χ4n) is 3.66. The second kappa shape index (κ2) is 8.73. The number of rotatable bonds is 6. The normalized spacial score (nSPS) is 12.9. The van der Waals surface area contributed by atoms with Gasteiger partial charge >= 0.3 is 0 Å². The highest BCUT2D eigenvalue weighted by molar-refractivity contribution is 5.92. The van der Waals surface area contributed by atoms with Gasteiger partial charge in [0.25, 0.3) is 5.91 Å². The number of aromatic nitrogens is 2. The third kappa shape index (κ3) is 4.21. The molecule has 0 fully saturated rings. The van der Waals surface area contributed by atoms with Crippen molar-refractivity contribution in [2.75, 3.05) is 25.1 Å². The number of anilines is 2. The molecule has 2 heterocycles. The molecular formula is C23H24N4O2. The predicted molar refractivity (Wildman–Crippen MR) is 113 cm³/mol. The van der Waals surface area contributed by atoms with Crippen LogP contribution in [0.5, 0.6) is 5.75 Å². The number of carbonyl (C=O) groups excluding carboxylic acids is 1. The molecular weight excluding hydrogens is 364 g/mol. The molecule has 0 aliphatic carbocycles. The van der Waals surface area contributed by atoms with Crippen LogP contribution in [0.4, 0.5) is 11.5 Å². The predicted octanol–water partition coefficient (Wildman–Crippen LogP) is 3.54. The summed E-state index contributed by atoms with van der Waals surface area (Å²) in [5.41, 5.74) is 3.86. The summed E-state index contributed by atoms with van der Waals surface area (Å²) in [6.45, 7) is 1.40. The van der Waals surface area contributed by atoms with Crippen molar-refractivity contribution in [2.45, 2.75) is 19.3 Å². The van der Waals surface area contributed by atoms with Crippen molar-refractivity contribution in [3.63, 3.8) is 0 Å². The minimum Gasteiger partial charge on any atom is -0.496 e. The van der Waals surface area contributed by atoms with E-state index in [1.807, 2.05) is 30.3 Å². The molecule has 1 N–H and O–H groups in total. The van der Waals surface area contributed by atoms with Gasteiger partial charge in [0, 0.05) is 18.8 Å². The van der Waals surface area contributed by atoms with Crippen LogP contribution in [0.3, 0.4) is 0 Å². The highest BCUT2D eigenvalue weighted by atomic mass is 16.5. The molecule has 0 atom stereocenters. The molecule has 1 amide bonds. The Balaban J connectivity index is 1.39. The van der Waals surface area contributed by atoms with Crippen LogP contribution in [0.1, 0.15) is 28.0 Å². The maximum absolute atomic E-state index is 12.4. The fraction of sp³-hybridized carbons (Fsp3) is 0.261. The second-order valence-corrected chi connectivity index (χ2v) is 6.96. The zero-order valence-electron chi connectivity index (χ0n) is 16.5.